The van der Waals surface area contributed by atoms with Gasteiger partial charge in [-0.05, 0) is 37.4 Å². The minimum atomic E-state index is 0.614. The highest BCUT2D eigenvalue weighted by molar-refractivity contribution is 5.01. The zero-order chi connectivity index (χ0) is 10.5. The monoisotopic (exact) mass is 207 g/mol. The Bertz CT molecular complexity index is 264. The van der Waals surface area contributed by atoms with E-state index in [1.165, 1.54) is 25.7 Å². The van der Waals surface area contributed by atoms with E-state index >= 15 is 0 Å². The van der Waals surface area contributed by atoms with Gasteiger partial charge in [-0.2, -0.15) is 0 Å². The third kappa shape index (κ3) is 3.71. The van der Waals surface area contributed by atoms with Gasteiger partial charge in [0, 0.05) is 12.5 Å². The summed E-state index contributed by atoms with van der Waals surface area (Å²) in [5.74, 6) is 2.10. The second kappa shape index (κ2) is 5.36. The molecule has 0 aromatic carbocycles. The highest BCUT2D eigenvalue weighted by atomic mass is 16.3. The van der Waals surface area contributed by atoms with Crippen molar-refractivity contribution in [1.29, 1.82) is 0 Å². The van der Waals surface area contributed by atoms with Gasteiger partial charge in [0.15, 0.2) is 0 Å². The van der Waals surface area contributed by atoms with E-state index in [4.69, 9.17) is 4.42 Å². The molecule has 0 spiro atoms. The van der Waals surface area contributed by atoms with Crippen molar-refractivity contribution in [2.45, 2.75) is 45.1 Å². The van der Waals surface area contributed by atoms with Gasteiger partial charge in [-0.3, -0.25) is 0 Å². The fourth-order valence-corrected chi connectivity index (χ4v) is 2.01. The summed E-state index contributed by atoms with van der Waals surface area (Å²) in [5.41, 5.74) is 0. The molecule has 2 heteroatoms. The van der Waals surface area contributed by atoms with Crippen LogP contribution in [0.4, 0.5) is 0 Å². The summed E-state index contributed by atoms with van der Waals surface area (Å²) in [6.45, 7) is 3.34. The van der Waals surface area contributed by atoms with Crippen LogP contribution >= 0.6 is 0 Å². The lowest BCUT2D eigenvalue weighted by Crippen LogP contribution is -2.32. The van der Waals surface area contributed by atoms with Crippen molar-refractivity contribution in [1.82, 2.24) is 5.32 Å². The molecule has 1 fully saturated rings. The maximum atomic E-state index is 5.41. The van der Waals surface area contributed by atoms with Crippen LogP contribution < -0.4 is 5.32 Å². The zero-order valence-corrected chi connectivity index (χ0v) is 9.54. The van der Waals surface area contributed by atoms with Gasteiger partial charge in [-0.15, -0.1) is 0 Å². The van der Waals surface area contributed by atoms with Crippen LogP contribution in [0.1, 0.15) is 38.4 Å². The maximum absolute atomic E-state index is 5.41. The molecule has 0 amide bonds. The van der Waals surface area contributed by atoms with Gasteiger partial charge in [0.25, 0.3) is 0 Å². The van der Waals surface area contributed by atoms with E-state index in [0.717, 1.165) is 24.6 Å². The Hall–Kier alpha value is -0.760. The van der Waals surface area contributed by atoms with E-state index in [-0.39, 0.29) is 0 Å². The Kier molecular flexibility index (Phi) is 3.84. The van der Waals surface area contributed by atoms with Crippen LogP contribution in [0.3, 0.4) is 0 Å². The molecule has 15 heavy (non-hydrogen) atoms. The molecule has 0 saturated heterocycles. The molecule has 1 aliphatic carbocycles. The van der Waals surface area contributed by atoms with E-state index in [1.54, 1.807) is 6.26 Å². The topological polar surface area (TPSA) is 25.2 Å². The van der Waals surface area contributed by atoms with Crippen LogP contribution in [0.5, 0.6) is 0 Å². The van der Waals surface area contributed by atoms with E-state index in [2.05, 4.69) is 18.3 Å². The summed E-state index contributed by atoms with van der Waals surface area (Å²) >= 11 is 0. The quantitative estimate of drug-likeness (QED) is 0.743. The summed E-state index contributed by atoms with van der Waals surface area (Å²) in [5, 5.41) is 3.62. The summed E-state index contributed by atoms with van der Waals surface area (Å²) in [6.07, 6.45) is 8.21. The van der Waals surface area contributed by atoms with E-state index in [9.17, 15) is 0 Å². The molecule has 1 N–H and O–H groups in total. The molecule has 1 saturated carbocycles. The number of hydrogen-bond acceptors (Lipinski definition) is 2. The Morgan fingerprint density at radius 1 is 1.53 bits per heavy atom. The highest BCUT2D eigenvalue weighted by Crippen LogP contribution is 2.34. The molecule has 2 rings (SSSR count). The first-order valence-electron chi connectivity index (χ1n) is 6.14. The molecule has 1 atom stereocenters. The Morgan fingerprint density at radius 3 is 3.00 bits per heavy atom. The lowest BCUT2D eigenvalue weighted by atomic mass is 10.1. The molecule has 1 heterocycles. The van der Waals surface area contributed by atoms with Crippen molar-refractivity contribution in [2.75, 3.05) is 6.54 Å². The van der Waals surface area contributed by atoms with Crippen LogP contribution in [0.2, 0.25) is 0 Å². The lowest BCUT2D eigenvalue weighted by Gasteiger charge is -2.16. The second-order valence-corrected chi connectivity index (χ2v) is 4.61. The van der Waals surface area contributed by atoms with Crippen molar-refractivity contribution in [3.05, 3.63) is 24.2 Å². The standard InChI is InChI=1S/C13H21NO/c1-2-7-14-12(9-11-5-6-11)10-13-4-3-8-15-13/h3-4,8,11-12,14H,2,5-7,9-10H2,1H3. The van der Waals surface area contributed by atoms with Gasteiger partial charge in [0.2, 0.25) is 0 Å². The number of nitrogens with one attached hydrogen (secondary N) is 1. The molecular weight excluding hydrogens is 186 g/mol. The Labute approximate surface area is 92.1 Å². The zero-order valence-electron chi connectivity index (χ0n) is 9.54. The van der Waals surface area contributed by atoms with E-state index in [0.29, 0.717) is 6.04 Å². The third-order valence-electron chi connectivity index (χ3n) is 3.03. The van der Waals surface area contributed by atoms with Crippen molar-refractivity contribution >= 4 is 0 Å². The fraction of sp³-hybridized carbons (Fsp3) is 0.692. The summed E-state index contributed by atoms with van der Waals surface area (Å²) in [7, 11) is 0. The summed E-state index contributed by atoms with van der Waals surface area (Å²) in [4.78, 5) is 0. The van der Waals surface area contributed by atoms with Crippen molar-refractivity contribution in [3.63, 3.8) is 0 Å². The molecule has 0 radical (unpaired) electrons. The first-order chi connectivity index (χ1) is 7.38. The maximum Gasteiger partial charge on any atom is 0.105 e. The van der Waals surface area contributed by atoms with Crippen molar-refractivity contribution in [2.24, 2.45) is 5.92 Å². The molecule has 1 aliphatic rings. The lowest BCUT2D eigenvalue weighted by molar-refractivity contribution is 0.411. The van der Waals surface area contributed by atoms with Gasteiger partial charge in [-0.25, -0.2) is 0 Å². The SMILES string of the molecule is CCCNC(Cc1ccco1)CC1CC1. The predicted octanol–water partition coefficient (Wildman–Crippen LogP) is 2.99. The molecule has 1 unspecified atom stereocenters. The average Bonchev–Trinajstić information content (AvgIpc) is 2.90. The van der Waals surface area contributed by atoms with Crippen LogP contribution in [-0.2, 0) is 6.42 Å². The van der Waals surface area contributed by atoms with Gasteiger partial charge >= 0.3 is 0 Å². The van der Waals surface area contributed by atoms with Crippen LogP contribution in [0.25, 0.3) is 0 Å². The normalized spacial score (nSPS) is 17.9. The first kappa shape index (κ1) is 10.7. The van der Waals surface area contributed by atoms with Crippen LogP contribution in [-0.4, -0.2) is 12.6 Å². The van der Waals surface area contributed by atoms with Gasteiger partial charge in [0.05, 0.1) is 6.26 Å². The minimum absolute atomic E-state index is 0.614. The smallest absolute Gasteiger partial charge is 0.105 e. The van der Waals surface area contributed by atoms with E-state index < -0.39 is 0 Å². The number of furan rings is 1. The van der Waals surface area contributed by atoms with Crippen molar-refractivity contribution in [3.8, 4) is 0 Å². The fourth-order valence-electron chi connectivity index (χ4n) is 2.01. The van der Waals surface area contributed by atoms with Crippen molar-refractivity contribution < 1.29 is 4.42 Å². The molecule has 1 aromatic rings. The summed E-state index contributed by atoms with van der Waals surface area (Å²) in [6, 6.07) is 4.67. The minimum Gasteiger partial charge on any atom is -0.469 e. The number of rotatable bonds is 7. The molecule has 1 aromatic heterocycles. The van der Waals surface area contributed by atoms with Gasteiger partial charge in [0.1, 0.15) is 5.76 Å². The Balaban J connectivity index is 1.80. The summed E-state index contributed by atoms with van der Waals surface area (Å²) < 4.78 is 5.41. The van der Waals surface area contributed by atoms with E-state index in [1.807, 2.05) is 6.07 Å². The molecule has 2 nitrogen and oxygen atoms in total. The third-order valence-corrected chi connectivity index (χ3v) is 3.03. The highest BCUT2D eigenvalue weighted by Gasteiger charge is 2.25. The Morgan fingerprint density at radius 2 is 2.40 bits per heavy atom. The molecular formula is C13H21NO. The van der Waals surface area contributed by atoms with Gasteiger partial charge < -0.3 is 9.73 Å². The molecule has 0 aliphatic heterocycles. The number of hydrogen-bond donors (Lipinski definition) is 1. The largest absolute Gasteiger partial charge is 0.469 e. The van der Waals surface area contributed by atoms with Crippen LogP contribution in [0.15, 0.2) is 22.8 Å². The molecule has 0 bridgehead atoms. The van der Waals surface area contributed by atoms with Gasteiger partial charge in [-0.1, -0.05) is 19.8 Å². The molecule has 84 valence electrons. The average molecular weight is 207 g/mol. The first-order valence-corrected chi connectivity index (χ1v) is 6.14. The van der Waals surface area contributed by atoms with Crippen LogP contribution in [0, 0.1) is 5.92 Å². The second-order valence-electron chi connectivity index (χ2n) is 4.61. The predicted molar refractivity (Wildman–Crippen MR) is 61.8 cm³/mol.